The number of rotatable bonds is 59. The number of ether oxygens (including phenoxy) is 6. The van der Waals surface area contributed by atoms with Crippen LogP contribution in [0.1, 0.15) is 284 Å². The summed E-state index contributed by atoms with van der Waals surface area (Å²) in [5.41, 5.74) is 0. The van der Waals surface area contributed by atoms with E-state index in [0.29, 0.717) is 12.8 Å². The van der Waals surface area contributed by atoms with E-state index in [-0.39, 0.29) is 18.9 Å². The molecule has 95 heavy (non-hydrogen) atoms. The van der Waals surface area contributed by atoms with E-state index in [1.54, 1.807) is 6.08 Å². The third-order valence-corrected chi connectivity index (χ3v) is 18.8. The summed E-state index contributed by atoms with van der Waals surface area (Å²) in [7, 11) is 0. The highest BCUT2D eigenvalue weighted by molar-refractivity contribution is 5.76. The molecule has 17 unspecified atom stereocenters. The number of aliphatic hydroxyl groups excluding tert-OH is 11. The number of hydrogen-bond acceptors (Lipinski definition) is 18. The summed E-state index contributed by atoms with van der Waals surface area (Å²) in [4.78, 5) is 13.4. The lowest BCUT2D eigenvalue weighted by atomic mass is 9.96. The van der Waals surface area contributed by atoms with Crippen molar-refractivity contribution >= 4 is 5.91 Å². The van der Waals surface area contributed by atoms with Crippen molar-refractivity contribution in [2.75, 3.05) is 26.4 Å². The van der Waals surface area contributed by atoms with E-state index in [4.69, 9.17) is 28.4 Å². The molecule has 0 radical (unpaired) electrons. The van der Waals surface area contributed by atoms with E-state index in [1.165, 1.54) is 167 Å². The van der Waals surface area contributed by atoms with Crippen LogP contribution in [0.15, 0.2) is 60.8 Å². The number of unbranched alkanes of at least 4 members (excludes halogenated alkanes) is 35. The van der Waals surface area contributed by atoms with Crippen LogP contribution >= 0.6 is 0 Å². The molecular weight excluding hydrogens is 1210 g/mol. The van der Waals surface area contributed by atoms with Crippen molar-refractivity contribution in [3.05, 3.63) is 60.8 Å². The Hall–Kier alpha value is -2.51. The molecule has 0 aromatic carbocycles. The summed E-state index contributed by atoms with van der Waals surface area (Å²) in [6, 6.07) is -1.00. The van der Waals surface area contributed by atoms with Crippen molar-refractivity contribution in [2.24, 2.45) is 0 Å². The Bertz CT molecular complexity index is 1950. The summed E-state index contributed by atoms with van der Waals surface area (Å²) in [5, 5.41) is 121. The van der Waals surface area contributed by atoms with E-state index in [1.807, 2.05) is 6.08 Å². The minimum atomic E-state index is -1.99. The first-order valence-electron chi connectivity index (χ1n) is 38.0. The molecule has 19 nitrogen and oxygen atoms in total. The Balaban J connectivity index is 1.40. The van der Waals surface area contributed by atoms with Crippen LogP contribution in [0.3, 0.4) is 0 Å². The molecule has 3 rings (SSSR count). The Morgan fingerprint density at radius 2 is 0.705 bits per heavy atom. The van der Waals surface area contributed by atoms with E-state index in [9.17, 15) is 61.0 Å². The van der Waals surface area contributed by atoms with Crippen molar-refractivity contribution in [2.45, 2.75) is 388 Å². The standard InChI is InChI=1S/C76H137NO18/c1-3-5-7-9-11-13-15-17-19-21-22-23-24-25-26-27-28-29-30-31-32-33-34-35-36-38-39-41-43-45-47-49-51-53-60(81)59(77-64(82)54-52-50-48-46-44-42-40-37-20-18-16-14-12-10-8-6-4-2)58-90-74-70(88)67(85)72(62(56-79)92-74)95-76-71(89)68(86)73(63(57-80)93-76)94-75-69(87)66(84)65(83)61(55-78)91-75/h12,14,18,20,36,38,43,45,51,53,59-63,65-76,78-81,83-89H,3-11,13,15-17,19,21-35,37,39-42,44,46-50,52,54-58H2,1-2H3,(H,77,82)/b14-12-,20-18-,38-36+,45-43+,53-51+. The minimum Gasteiger partial charge on any atom is -0.394 e. The second-order valence-corrected chi connectivity index (χ2v) is 27.1. The smallest absolute Gasteiger partial charge is 0.220 e. The molecule has 3 saturated heterocycles. The summed E-state index contributed by atoms with van der Waals surface area (Å²) in [5.74, 6) is -0.297. The number of allylic oxidation sites excluding steroid dienone is 9. The van der Waals surface area contributed by atoms with Crippen LogP contribution in [0.25, 0.3) is 0 Å². The molecule has 3 heterocycles. The van der Waals surface area contributed by atoms with E-state index < -0.39 is 124 Å². The first kappa shape index (κ1) is 86.7. The normalized spacial score (nSPS) is 27.5. The summed E-state index contributed by atoms with van der Waals surface area (Å²) in [6.45, 7) is 1.69. The molecule has 0 bridgehead atoms. The monoisotopic (exact) mass is 1350 g/mol. The zero-order valence-electron chi connectivity index (χ0n) is 58.9. The van der Waals surface area contributed by atoms with E-state index in [2.05, 4.69) is 67.8 Å². The molecule has 3 fully saturated rings. The van der Waals surface area contributed by atoms with Gasteiger partial charge in [-0.1, -0.05) is 261 Å². The van der Waals surface area contributed by atoms with Crippen molar-refractivity contribution in [3.63, 3.8) is 0 Å². The minimum absolute atomic E-state index is 0.221. The maximum Gasteiger partial charge on any atom is 0.220 e. The molecule has 19 heteroatoms. The van der Waals surface area contributed by atoms with Crippen LogP contribution in [0, 0.1) is 0 Å². The van der Waals surface area contributed by atoms with Gasteiger partial charge < -0.3 is 89.9 Å². The Morgan fingerprint density at radius 1 is 0.379 bits per heavy atom. The fourth-order valence-electron chi connectivity index (χ4n) is 12.6. The molecule has 0 saturated carbocycles. The Morgan fingerprint density at radius 3 is 1.14 bits per heavy atom. The number of nitrogens with one attached hydrogen (secondary N) is 1. The number of hydrogen-bond donors (Lipinski definition) is 12. The van der Waals surface area contributed by atoms with Gasteiger partial charge in [-0.2, -0.15) is 0 Å². The van der Waals surface area contributed by atoms with Crippen molar-refractivity contribution in [1.82, 2.24) is 5.32 Å². The molecule has 17 atom stereocenters. The molecule has 3 aliphatic rings. The Labute approximate surface area is 573 Å². The van der Waals surface area contributed by atoms with Gasteiger partial charge in [-0.25, -0.2) is 0 Å². The van der Waals surface area contributed by atoms with Gasteiger partial charge >= 0.3 is 0 Å². The molecule has 12 N–H and O–H groups in total. The lowest BCUT2D eigenvalue weighted by Crippen LogP contribution is -2.66. The molecule has 3 aliphatic heterocycles. The van der Waals surface area contributed by atoms with E-state index >= 15 is 0 Å². The fourth-order valence-corrected chi connectivity index (χ4v) is 12.6. The summed E-state index contributed by atoms with van der Waals surface area (Å²) < 4.78 is 34.3. The fraction of sp³-hybridized carbons (Fsp3) is 0.855. The summed E-state index contributed by atoms with van der Waals surface area (Å²) in [6.07, 6.45) is 45.1. The lowest BCUT2D eigenvalue weighted by molar-refractivity contribution is -0.379. The number of amides is 1. The van der Waals surface area contributed by atoms with Gasteiger partial charge in [-0.05, 0) is 77.0 Å². The highest BCUT2D eigenvalue weighted by atomic mass is 16.8. The van der Waals surface area contributed by atoms with Gasteiger partial charge in [0, 0.05) is 6.42 Å². The van der Waals surface area contributed by atoms with Gasteiger partial charge in [0.15, 0.2) is 18.9 Å². The second-order valence-electron chi connectivity index (χ2n) is 27.1. The SMILES string of the molecule is CCCCC/C=C\C/C=C\CCCCCCCCCC(=O)NC(COC1OC(CO)C(OC2OC(CO)C(OC3OC(CO)C(O)C(O)C3O)C(O)C2O)C(O)C1O)C(O)/C=C/CC/C=C/CC/C=C/CCCCCCCCCCCCCCCCCCCCCCCCC. The first-order chi connectivity index (χ1) is 46.3. The largest absolute Gasteiger partial charge is 0.394 e. The molecular formula is C76H137NO18. The number of aliphatic hydroxyl groups is 11. The Kier molecular flexibility index (Phi) is 52.2. The molecule has 1 amide bonds. The number of carbonyl (C=O) groups is 1. The van der Waals surface area contributed by atoms with Crippen molar-refractivity contribution in [1.29, 1.82) is 0 Å². The van der Waals surface area contributed by atoms with Crippen LogP contribution in [-0.2, 0) is 33.2 Å². The zero-order chi connectivity index (χ0) is 68.9. The number of carbonyl (C=O) groups excluding carboxylic acids is 1. The highest BCUT2D eigenvalue weighted by Crippen LogP contribution is 2.33. The van der Waals surface area contributed by atoms with E-state index in [0.717, 1.165) is 83.5 Å². The second kappa shape index (κ2) is 57.2. The molecule has 0 aliphatic carbocycles. The molecule has 0 aromatic heterocycles. The first-order valence-corrected chi connectivity index (χ1v) is 38.0. The highest BCUT2D eigenvalue weighted by Gasteiger charge is 2.53. The maximum atomic E-state index is 13.4. The topological polar surface area (TPSA) is 307 Å². The van der Waals surface area contributed by atoms with Gasteiger partial charge in [0.1, 0.15) is 73.2 Å². The predicted molar refractivity (Wildman–Crippen MR) is 374 cm³/mol. The molecule has 554 valence electrons. The lowest BCUT2D eigenvalue weighted by Gasteiger charge is -2.48. The average Bonchev–Trinajstić information content (AvgIpc) is 0.787. The average molecular weight is 1350 g/mol. The third kappa shape index (κ3) is 38.2. The van der Waals surface area contributed by atoms with Crippen LogP contribution in [0.4, 0.5) is 0 Å². The van der Waals surface area contributed by atoms with Crippen molar-refractivity contribution < 1.29 is 89.4 Å². The third-order valence-electron chi connectivity index (χ3n) is 18.8. The van der Waals surface area contributed by atoms with Gasteiger partial charge in [-0.3, -0.25) is 4.79 Å². The molecule has 0 aromatic rings. The van der Waals surface area contributed by atoms with Gasteiger partial charge in [0.05, 0.1) is 38.6 Å². The van der Waals surface area contributed by atoms with Crippen LogP contribution in [0.2, 0.25) is 0 Å². The predicted octanol–water partition coefficient (Wildman–Crippen LogP) is 11.5. The van der Waals surface area contributed by atoms with Gasteiger partial charge in [-0.15, -0.1) is 0 Å². The quantitative estimate of drug-likeness (QED) is 0.0199. The maximum absolute atomic E-state index is 13.4. The molecule has 0 spiro atoms. The van der Waals surface area contributed by atoms with Crippen LogP contribution in [-0.4, -0.2) is 193 Å². The zero-order valence-corrected chi connectivity index (χ0v) is 58.9. The van der Waals surface area contributed by atoms with Crippen molar-refractivity contribution in [3.8, 4) is 0 Å². The summed E-state index contributed by atoms with van der Waals surface area (Å²) >= 11 is 0. The van der Waals surface area contributed by atoms with Gasteiger partial charge in [0.2, 0.25) is 5.91 Å². The van der Waals surface area contributed by atoms with Gasteiger partial charge in [0.25, 0.3) is 0 Å². The van der Waals surface area contributed by atoms with Crippen LogP contribution < -0.4 is 5.32 Å². The van der Waals surface area contributed by atoms with Crippen LogP contribution in [0.5, 0.6) is 0 Å².